The average Bonchev–Trinajstić information content (AvgIpc) is 2.87. The Morgan fingerprint density at radius 2 is 2.29 bits per heavy atom. The maximum absolute atomic E-state index is 9.61. The molecule has 0 fully saturated rings. The summed E-state index contributed by atoms with van der Waals surface area (Å²) in [5.74, 6) is 0.862. The molecular weight excluding hydrogens is 220 g/mol. The SMILES string of the molecule is CCC(c1nc(-c2cnn(C)c2)no1)C(C)O. The van der Waals surface area contributed by atoms with Crippen LogP contribution in [-0.4, -0.2) is 31.1 Å². The second kappa shape index (κ2) is 4.67. The number of aryl methyl sites for hydroxylation is 1. The van der Waals surface area contributed by atoms with E-state index in [1.807, 2.05) is 20.2 Å². The minimum Gasteiger partial charge on any atom is -0.393 e. The van der Waals surface area contributed by atoms with Crippen molar-refractivity contribution >= 4 is 0 Å². The van der Waals surface area contributed by atoms with Gasteiger partial charge in [0, 0.05) is 13.2 Å². The second-order valence-electron chi connectivity index (χ2n) is 4.11. The van der Waals surface area contributed by atoms with Crippen molar-refractivity contribution < 1.29 is 9.63 Å². The molecule has 0 aliphatic rings. The number of aliphatic hydroxyl groups is 1. The highest BCUT2D eigenvalue weighted by atomic mass is 16.5. The normalized spacial score (nSPS) is 14.8. The Labute approximate surface area is 99.3 Å². The van der Waals surface area contributed by atoms with Crippen molar-refractivity contribution in [3.63, 3.8) is 0 Å². The predicted molar refractivity (Wildman–Crippen MR) is 61.2 cm³/mol. The summed E-state index contributed by atoms with van der Waals surface area (Å²) in [5, 5.41) is 17.6. The van der Waals surface area contributed by atoms with E-state index in [2.05, 4.69) is 15.2 Å². The lowest BCUT2D eigenvalue weighted by atomic mass is 10.0. The van der Waals surface area contributed by atoms with Crippen molar-refractivity contribution in [1.82, 2.24) is 19.9 Å². The van der Waals surface area contributed by atoms with E-state index < -0.39 is 6.10 Å². The molecule has 0 aromatic carbocycles. The van der Waals surface area contributed by atoms with Gasteiger partial charge in [-0.05, 0) is 13.3 Å². The Balaban J connectivity index is 2.26. The van der Waals surface area contributed by atoms with Gasteiger partial charge in [0.2, 0.25) is 11.7 Å². The Kier molecular flexibility index (Phi) is 3.23. The molecule has 0 saturated heterocycles. The Bertz CT molecular complexity index is 489. The Morgan fingerprint density at radius 3 is 2.82 bits per heavy atom. The molecule has 2 rings (SSSR count). The lowest BCUT2D eigenvalue weighted by Crippen LogP contribution is -2.13. The molecular formula is C11H16N4O2. The highest BCUT2D eigenvalue weighted by molar-refractivity contribution is 5.51. The van der Waals surface area contributed by atoms with Gasteiger partial charge in [-0.15, -0.1) is 0 Å². The molecule has 0 spiro atoms. The van der Waals surface area contributed by atoms with Crippen molar-refractivity contribution in [3.8, 4) is 11.4 Å². The van der Waals surface area contributed by atoms with Gasteiger partial charge in [0.05, 0.1) is 23.8 Å². The molecule has 1 N–H and O–H groups in total. The largest absolute Gasteiger partial charge is 0.393 e. The van der Waals surface area contributed by atoms with Gasteiger partial charge in [-0.3, -0.25) is 4.68 Å². The number of hydrogen-bond acceptors (Lipinski definition) is 5. The van der Waals surface area contributed by atoms with Gasteiger partial charge >= 0.3 is 0 Å². The minimum absolute atomic E-state index is 0.118. The van der Waals surface area contributed by atoms with Gasteiger partial charge in [-0.2, -0.15) is 10.1 Å². The number of nitrogens with zero attached hydrogens (tertiary/aromatic N) is 4. The van der Waals surface area contributed by atoms with Crippen LogP contribution in [0.3, 0.4) is 0 Å². The van der Waals surface area contributed by atoms with Crippen molar-refractivity contribution in [2.45, 2.75) is 32.3 Å². The lowest BCUT2D eigenvalue weighted by molar-refractivity contribution is 0.141. The minimum atomic E-state index is -0.498. The van der Waals surface area contributed by atoms with E-state index in [4.69, 9.17) is 4.52 Å². The van der Waals surface area contributed by atoms with Crippen molar-refractivity contribution in [2.75, 3.05) is 0 Å². The van der Waals surface area contributed by atoms with Crippen LogP contribution in [0.4, 0.5) is 0 Å². The summed E-state index contributed by atoms with van der Waals surface area (Å²) in [6.45, 7) is 3.70. The van der Waals surface area contributed by atoms with Gasteiger partial charge in [0.25, 0.3) is 0 Å². The first kappa shape index (κ1) is 11.8. The molecule has 0 aliphatic heterocycles. The summed E-state index contributed by atoms with van der Waals surface area (Å²) in [6, 6.07) is 0. The number of rotatable bonds is 4. The lowest BCUT2D eigenvalue weighted by Gasteiger charge is -2.12. The summed E-state index contributed by atoms with van der Waals surface area (Å²) >= 11 is 0. The molecule has 92 valence electrons. The molecule has 0 amide bonds. The fourth-order valence-corrected chi connectivity index (χ4v) is 1.76. The summed E-state index contributed by atoms with van der Waals surface area (Å²) in [4.78, 5) is 4.30. The highest BCUT2D eigenvalue weighted by Gasteiger charge is 2.22. The highest BCUT2D eigenvalue weighted by Crippen LogP contribution is 2.24. The fraction of sp³-hybridized carbons (Fsp3) is 0.545. The topological polar surface area (TPSA) is 77.0 Å². The zero-order chi connectivity index (χ0) is 12.4. The zero-order valence-electron chi connectivity index (χ0n) is 10.2. The molecule has 17 heavy (non-hydrogen) atoms. The quantitative estimate of drug-likeness (QED) is 0.866. The first-order valence-corrected chi connectivity index (χ1v) is 5.62. The average molecular weight is 236 g/mol. The van der Waals surface area contributed by atoms with Crippen LogP contribution in [-0.2, 0) is 7.05 Å². The molecule has 2 heterocycles. The Hall–Kier alpha value is -1.69. The van der Waals surface area contributed by atoms with Crippen molar-refractivity contribution in [3.05, 3.63) is 18.3 Å². The molecule has 0 aliphatic carbocycles. The van der Waals surface area contributed by atoms with E-state index in [0.29, 0.717) is 11.7 Å². The number of hydrogen-bond donors (Lipinski definition) is 1. The van der Waals surface area contributed by atoms with Crippen LogP contribution in [0.15, 0.2) is 16.9 Å². The van der Waals surface area contributed by atoms with E-state index in [1.54, 1.807) is 17.8 Å². The molecule has 6 heteroatoms. The molecule has 0 radical (unpaired) electrons. The maximum Gasteiger partial charge on any atom is 0.232 e. The first-order chi connectivity index (χ1) is 8.11. The van der Waals surface area contributed by atoms with E-state index in [0.717, 1.165) is 12.0 Å². The van der Waals surface area contributed by atoms with Gasteiger partial charge in [0.15, 0.2) is 0 Å². The fourth-order valence-electron chi connectivity index (χ4n) is 1.76. The first-order valence-electron chi connectivity index (χ1n) is 5.62. The zero-order valence-corrected chi connectivity index (χ0v) is 10.2. The molecule has 0 saturated carbocycles. The van der Waals surface area contributed by atoms with Crippen LogP contribution in [0, 0.1) is 0 Å². The Morgan fingerprint density at radius 1 is 1.53 bits per heavy atom. The molecule has 2 atom stereocenters. The predicted octanol–water partition coefficient (Wildman–Crippen LogP) is 1.34. The van der Waals surface area contributed by atoms with Crippen LogP contribution in [0.5, 0.6) is 0 Å². The number of aromatic nitrogens is 4. The maximum atomic E-state index is 9.61. The number of aliphatic hydroxyl groups excluding tert-OH is 1. The summed E-state index contributed by atoms with van der Waals surface area (Å²) in [6.07, 6.45) is 3.75. The monoisotopic (exact) mass is 236 g/mol. The molecule has 6 nitrogen and oxygen atoms in total. The van der Waals surface area contributed by atoms with E-state index >= 15 is 0 Å². The van der Waals surface area contributed by atoms with Crippen molar-refractivity contribution in [2.24, 2.45) is 7.05 Å². The molecule has 0 bridgehead atoms. The van der Waals surface area contributed by atoms with Gasteiger partial charge in [0.1, 0.15) is 0 Å². The van der Waals surface area contributed by atoms with Crippen LogP contribution < -0.4 is 0 Å². The van der Waals surface area contributed by atoms with Gasteiger partial charge in [-0.1, -0.05) is 12.1 Å². The van der Waals surface area contributed by atoms with Crippen LogP contribution in [0.2, 0.25) is 0 Å². The third kappa shape index (κ3) is 2.36. The van der Waals surface area contributed by atoms with Crippen molar-refractivity contribution in [1.29, 1.82) is 0 Å². The summed E-state index contributed by atoms with van der Waals surface area (Å²) < 4.78 is 6.86. The van der Waals surface area contributed by atoms with Gasteiger partial charge in [-0.25, -0.2) is 0 Å². The smallest absolute Gasteiger partial charge is 0.232 e. The standard InChI is InChI=1S/C11H16N4O2/c1-4-9(7(2)16)11-13-10(14-17-11)8-5-12-15(3)6-8/h5-7,9,16H,4H2,1-3H3. The third-order valence-corrected chi connectivity index (χ3v) is 2.74. The second-order valence-corrected chi connectivity index (χ2v) is 4.11. The third-order valence-electron chi connectivity index (χ3n) is 2.74. The van der Waals surface area contributed by atoms with Gasteiger partial charge < -0.3 is 9.63 Å². The summed E-state index contributed by atoms with van der Waals surface area (Å²) in [7, 11) is 1.83. The van der Waals surface area contributed by atoms with E-state index in [1.165, 1.54) is 0 Å². The summed E-state index contributed by atoms with van der Waals surface area (Å²) in [5.41, 5.74) is 0.808. The molecule has 2 aromatic heterocycles. The van der Waals surface area contributed by atoms with Crippen LogP contribution >= 0.6 is 0 Å². The van der Waals surface area contributed by atoms with E-state index in [9.17, 15) is 5.11 Å². The van der Waals surface area contributed by atoms with Crippen LogP contribution in [0.25, 0.3) is 11.4 Å². The molecule has 2 aromatic rings. The molecule has 2 unspecified atom stereocenters. The van der Waals surface area contributed by atoms with E-state index in [-0.39, 0.29) is 5.92 Å². The van der Waals surface area contributed by atoms with Crippen LogP contribution in [0.1, 0.15) is 32.1 Å².